The minimum absolute atomic E-state index is 0.0850. The fraction of sp³-hybridized carbons (Fsp3) is 0.250. The van der Waals surface area contributed by atoms with Crippen molar-refractivity contribution in [3.8, 4) is 0 Å². The zero-order valence-corrected chi connectivity index (χ0v) is 11.0. The summed E-state index contributed by atoms with van der Waals surface area (Å²) >= 11 is 0. The molecule has 0 atom stereocenters. The number of hydrogen-bond donors (Lipinski definition) is 0. The van der Waals surface area contributed by atoms with Crippen LogP contribution in [0.3, 0.4) is 0 Å². The maximum absolute atomic E-state index is 12.2. The van der Waals surface area contributed by atoms with Crippen LogP contribution in [0.1, 0.15) is 32.7 Å². The molecule has 0 spiro atoms. The standard InChI is InChI=1S/C16H17NO/c1-11-8-13(3)16(17-10-11)15(18)9-14-7-5-4-6-12(14)2/h4-8,10H,9H2,1-3H3. The van der Waals surface area contributed by atoms with Crippen LogP contribution in [0.5, 0.6) is 0 Å². The molecule has 0 bridgehead atoms. The molecule has 0 radical (unpaired) electrons. The van der Waals surface area contributed by atoms with Crippen molar-refractivity contribution in [2.24, 2.45) is 0 Å². The van der Waals surface area contributed by atoms with Gasteiger partial charge in [-0.1, -0.05) is 30.3 Å². The summed E-state index contributed by atoms with van der Waals surface area (Å²) in [5, 5.41) is 0. The number of benzene rings is 1. The first-order chi connectivity index (χ1) is 8.58. The molecule has 0 saturated carbocycles. The van der Waals surface area contributed by atoms with Crippen molar-refractivity contribution in [3.05, 3.63) is 64.5 Å². The van der Waals surface area contributed by atoms with Crippen LogP contribution in [0.25, 0.3) is 0 Å². The maximum Gasteiger partial charge on any atom is 0.185 e. The smallest absolute Gasteiger partial charge is 0.185 e. The van der Waals surface area contributed by atoms with Crippen molar-refractivity contribution in [2.45, 2.75) is 27.2 Å². The molecule has 2 nitrogen and oxygen atoms in total. The lowest BCUT2D eigenvalue weighted by Gasteiger charge is -2.07. The number of aryl methyl sites for hydroxylation is 3. The van der Waals surface area contributed by atoms with E-state index in [9.17, 15) is 4.79 Å². The first-order valence-corrected chi connectivity index (χ1v) is 6.09. The minimum atomic E-state index is 0.0850. The van der Waals surface area contributed by atoms with Gasteiger partial charge in [0.15, 0.2) is 5.78 Å². The predicted octanol–water partition coefficient (Wildman–Crippen LogP) is 3.43. The summed E-state index contributed by atoms with van der Waals surface area (Å²) in [6, 6.07) is 9.97. The van der Waals surface area contributed by atoms with Crippen LogP contribution < -0.4 is 0 Å². The van der Waals surface area contributed by atoms with Crippen molar-refractivity contribution in [2.75, 3.05) is 0 Å². The Morgan fingerprint density at radius 2 is 1.83 bits per heavy atom. The van der Waals surface area contributed by atoms with Gasteiger partial charge >= 0.3 is 0 Å². The quantitative estimate of drug-likeness (QED) is 0.768. The van der Waals surface area contributed by atoms with Crippen molar-refractivity contribution < 1.29 is 4.79 Å². The number of aromatic nitrogens is 1. The Labute approximate surface area is 108 Å². The fourth-order valence-corrected chi connectivity index (χ4v) is 2.07. The average molecular weight is 239 g/mol. The molecule has 1 heterocycles. The molecule has 2 heteroatoms. The van der Waals surface area contributed by atoms with Gasteiger partial charge in [-0.2, -0.15) is 0 Å². The topological polar surface area (TPSA) is 30.0 Å². The van der Waals surface area contributed by atoms with Crippen molar-refractivity contribution in [1.82, 2.24) is 4.98 Å². The summed E-state index contributed by atoms with van der Waals surface area (Å²) in [5.74, 6) is 0.0850. The Morgan fingerprint density at radius 1 is 1.11 bits per heavy atom. The zero-order chi connectivity index (χ0) is 13.1. The highest BCUT2D eigenvalue weighted by Crippen LogP contribution is 2.13. The molecule has 0 saturated heterocycles. The van der Waals surface area contributed by atoms with Gasteiger partial charge in [-0.15, -0.1) is 0 Å². The lowest BCUT2D eigenvalue weighted by Crippen LogP contribution is -2.09. The van der Waals surface area contributed by atoms with Crippen LogP contribution in [-0.4, -0.2) is 10.8 Å². The Kier molecular flexibility index (Phi) is 3.56. The molecule has 0 amide bonds. The molecule has 1 aromatic heterocycles. The van der Waals surface area contributed by atoms with E-state index in [0.29, 0.717) is 12.1 Å². The normalized spacial score (nSPS) is 10.4. The fourth-order valence-electron chi connectivity index (χ4n) is 2.07. The van der Waals surface area contributed by atoms with Gasteiger partial charge in [-0.3, -0.25) is 9.78 Å². The monoisotopic (exact) mass is 239 g/mol. The number of ketones is 1. The number of Topliss-reactive ketones (excluding diaryl/α,β-unsaturated/α-hetero) is 1. The van der Waals surface area contributed by atoms with Gasteiger partial charge in [0, 0.05) is 12.6 Å². The van der Waals surface area contributed by atoms with Crippen LogP contribution >= 0.6 is 0 Å². The van der Waals surface area contributed by atoms with E-state index in [1.54, 1.807) is 6.20 Å². The number of nitrogens with zero attached hydrogens (tertiary/aromatic N) is 1. The summed E-state index contributed by atoms with van der Waals surface area (Å²) in [6.07, 6.45) is 2.17. The van der Waals surface area contributed by atoms with Crippen molar-refractivity contribution in [3.63, 3.8) is 0 Å². The van der Waals surface area contributed by atoms with Gasteiger partial charge in [-0.05, 0) is 43.0 Å². The highest BCUT2D eigenvalue weighted by Gasteiger charge is 2.12. The van der Waals surface area contributed by atoms with Gasteiger partial charge < -0.3 is 0 Å². The Bertz CT molecular complexity index is 587. The molecule has 2 rings (SSSR count). The number of carbonyl (C=O) groups excluding carboxylic acids is 1. The third kappa shape index (κ3) is 2.65. The Balaban J connectivity index is 2.25. The van der Waals surface area contributed by atoms with Crippen LogP contribution in [-0.2, 0) is 6.42 Å². The minimum Gasteiger partial charge on any atom is -0.292 e. The summed E-state index contributed by atoms with van der Waals surface area (Å²) in [4.78, 5) is 16.5. The van der Waals surface area contributed by atoms with Crippen molar-refractivity contribution in [1.29, 1.82) is 0 Å². The van der Waals surface area contributed by atoms with E-state index >= 15 is 0 Å². The second-order valence-corrected chi connectivity index (χ2v) is 4.70. The molecule has 0 aliphatic carbocycles. The zero-order valence-electron chi connectivity index (χ0n) is 11.0. The van der Waals surface area contributed by atoms with E-state index in [1.165, 1.54) is 0 Å². The van der Waals surface area contributed by atoms with E-state index in [2.05, 4.69) is 4.98 Å². The van der Waals surface area contributed by atoms with E-state index in [1.807, 2.05) is 51.1 Å². The van der Waals surface area contributed by atoms with Crippen LogP contribution in [0, 0.1) is 20.8 Å². The lowest BCUT2D eigenvalue weighted by molar-refractivity contribution is 0.0987. The van der Waals surface area contributed by atoms with Crippen LogP contribution in [0.2, 0.25) is 0 Å². The van der Waals surface area contributed by atoms with E-state index in [-0.39, 0.29) is 5.78 Å². The van der Waals surface area contributed by atoms with Crippen LogP contribution in [0.4, 0.5) is 0 Å². The number of hydrogen-bond acceptors (Lipinski definition) is 2. The van der Waals surface area contributed by atoms with Gasteiger partial charge in [0.25, 0.3) is 0 Å². The second kappa shape index (κ2) is 5.13. The second-order valence-electron chi connectivity index (χ2n) is 4.70. The molecular formula is C16H17NO. The molecule has 92 valence electrons. The predicted molar refractivity (Wildman–Crippen MR) is 72.9 cm³/mol. The van der Waals surface area contributed by atoms with E-state index in [4.69, 9.17) is 0 Å². The first-order valence-electron chi connectivity index (χ1n) is 6.09. The van der Waals surface area contributed by atoms with Gasteiger partial charge in [0.05, 0.1) is 0 Å². The molecule has 0 aliphatic rings. The number of carbonyl (C=O) groups is 1. The summed E-state index contributed by atoms with van der Waals surface area (Å²) in [7, 11) is 0. The van der Waals surface area contributed by atoms with Gasteiger partial charge in [-0.25, -0.2) is 0 Å². The molecule has 0 unspecified atom stereocenters. The lowest BCUT2D eigenvalue weighted by atomic mass is 10.00. The SMILES string of the molecule is Cc1cnc(C(=O)Cc2ccccc2C)c(C)c1. The highest BCUT2D eigenvalue weighted by molar-refractivity contribution is 5.97. The van der Waals surface area contributed by atoms with Crippen LogP contribution in [0.15, 0.2) is 36.5 Å². The van der Waals surface area contributed by atoms with E-state index in [0.717, 1.165) is 22.3 Å². The third-order valence-corrected chi connectivity index (χ3v) is 3.09. The highest BCUT2D eigenvalue weighted by atomic mass is 16.1. The Hall–Kier alpha value is -1.96. The molecule has 0 aliphatic heterocycles. The largest absolute Gasteiger partial charge is 0.292 e. The van der Waals surface area contributed by atoms with E-state index < -0.39 is 0 Å². The van der Waals surface area contributed by atoms with Gasteiger partial charge in [0.1, 0.15) is 5.69 Å². The summed E-state index contributed by atoms with van der Waals surface area (Å²) < 4.78 is 0. The van der Waals surface area contributed by atoms with Crippen molar-refractivity contribution >= 4 is 5.78 Å². The Morgan fingerprint density at radius 3 is 2.50 bits per heavy atom. The molecule has 0 N–H and O–H groups in total. The first kappa shape index (κ1) is 12.5. The van der Waals surface area contributed by atoms with Gasteiger partial charge in [0.2, 0.25) is 0 Å². The molecular weight excluding hydrogens is 222 g/mol. The number of rotatable bonds is 3. The summed E-state index contributed by atoms with van der Waals surface area (Å²) in [6.45, 7) is 5.94. The average Bonchev–Trinajstić information content (AvgIpc) is 2.32. The molecule has 0 fully saturated rings. The molecule has 2 aromatic rings. The summed E-state index contributed by atoms with van der Waals surface area (Å²) in [5.41, 5.74) is 4.84. The number of pyridine rings is 1. The molecule has 18 heavy (non-hydrogen) atoms. The third-order valence-electron chi connectivity index (χ3n) is 3.09. The molecule has 1 aromatic carbocycles. The maximum atomic E-state index is 12.2.